The zero-order valence-corrected chi connectivity index (χ0v) is 17.4. The molecule has 1 N–H and O–H groups in total. The monoisotopic (exact) mass is 433 g/mol. The number of carbonyl (C=O) groups is 2. The smallest absolute Gasteiger partial charge is 0.387 e. The maximum Gasteiger partial charge on any atom is 0.387 e. The van der Waals surface area contributed by atoms with E-state index in [0.717, 1.165) is 18.8 Å². The van der Waals surface area contributed by atoms with E-state index in [1.165, 1.54) is 31.4 Å². The van der Waals surface area contributed by atoms with Crippen LogP contribution < -0.4 is 15.0 Å². The van der Waals surface area contributed by atoms with Gasteiger partial charge in [0.25, 0.3) is 0 Å². The average Bonchev–Trinajstić information content (AvgIpc) is 2.75. The third-order valence-corrected chi connectivity index (χ3v) is 5.13. The third kappa shape index (κ3) is 6.14. The summed E-state index contributed by atoms with van der Waals surface area (Å²) in [7, 11) is 1.35. The van der Waals surface area contributed by atoms with Crippen molar-refractivity contribution in [3.63, 3.8) is 0 Å². The second kappa shape index (κ2) is 10.2. The summed E-state index contributed by atoms with van der Waals surface area (Å²) in [6, 6.07) is 13.2. The lowest BCUT2D eigenvalue weighted by Gasteiger charge is -2.40. The first-order valence-corrected chi connectivity index (χ1v) is 9.88. The molecule has 2 aromatic rings. The van der Waals surface area contributed by atoms with Crippen LogP contribution in [0.3, 0.4) is 0 Å². The maximum atomic E-state index is 12.4. The van der Waals surface area contributed by atoms with E-state index in [1.54, 1.807) is 12.1 Å². The number of amides is 1. The largest absolute Gasteiger partial charge is 0.465 e. The molecule has 3 rings (SSSR count). The molecule has 0 aromatic heterocycles. The van der Waals surface area contributed by atoms with Crippen LogP contribution in [0.15, 0.2) is 48.5 Å². The van der Waals surface area contributed by atoms with Crippen LogP contribution in [0, 0.1) is 0 Å². The lowest BCUT2D eigenvalue weighted by atomic mass is 10.1. The van der Waals surface area contributed by atoms with Gasteiger partial charge in [-0.15, -0.1) is 0 Å². The molecule has 2 aromatic carbocycles. The Hall–Kier alpha value is -3.20. The number of hydrogen-bond acceptors (Lipinski definition) is 6. The minimum absolute atomic E-state index is 0.0392. The molecule has 0 bridgehead atoms. The number of hydrogen-bond donors (Lipinski definition) is 1. The number of alkyl halides is 2. The lowest BCUT2D eigenvalue weighted by Crippen LogP contribution is -2.53. The molecule has 0 radical (unpaired) electrons. The summed E-state index contributed by atoms with van der Waals surface area (Å²) in [5, 5.41) is 2.77. The van der Waals surface area contributed by atoms with Crippen LogP contribution in [0.25, 0.3) is 0 Å². The predicted molar refractivity (Wildman–Crippen MR) is 113 cm³/mol. The molecular weight excluding hydrogens is 408 g/mol. The minimum atomic E-state index is -2.88. The first-order chi connectivity index (χ1) is 14.9. The van der Waals surface area contributed by atoms with E-state index in [0.29, 0.717) is 17.8 Å². The molecule has 166 valence electrons. The van der Waals surface area contributed by atoms with Gasteiger partial charge >= 0.3 is 12.6 Å². The van der Waals surface area contributed by atoms with Gasteiger partial charge in [-0.2, -0.15) is 8.78 Å². The summed E-state index contributed by atoms with van der Waals surface area (Å²) in [6.45, 7) is 1.59. The van der Waals surface area contributed by atoms with Crippen molar-refractivity contribution in [1.29, 1.82) is 0 Å². The molecule has 9 heteroatoms. The van der Waals surface area contributed by atoms with Crippen LogP contribution >= 0.6 is 0 Å². The molecule has 1 unspecified atom stereocenters. The number of halogens is 2. The number of carbonyl (C=O) groups excluding carboxylic acids is 2. The molecule has 1 atom stereocenters. The average molecular weight is 433 g/mol. The van der Waals surface area contributed by atoms with Crippen LogP contribution in [0.4, 0.5) is 20.2 Å². The number of esters is 1. The Kier molecular flexibility index (Phi) is 7.41. The van der Waals surface area contributed by atoms with Crippen molar-refractivity contribution in [2.45, 2.75) is 19.6 Å². The van der Waals surface area contributed by atoms with E-state index >= 15 is 0 Å². The van der Waals surface area contributed by atoms with Crippen molar-refractivity contribution in [3.8, 4) is 5.75 Å². The first-order valence-electron chi connectivity index (χ1n) is 9.88. The van der Waals surface area contributed by atoms with E-state index in [2.05, 4.69) is 26.8 Å². The van der Waals surface area contributed by atoms with Crippen LogP contribution in [-0.2, 0) is 9.53 Å². The van der Waals surface area contributed by atoms with Crippen LogP contribution in [0.5, 0.6) is 5.75 Å². The van der Waals surface area contributed by atoms with Gasteiger partial charge in [-0.3, -0.25) is 9.69 Å². The molecule has 1 saturated heterocycles. The molecule has 0 spiro atoms. The van der Waals surface area contributed by atoms with Gasteiger partial charge in [0.05, 0.1) is 19.2 Å². The number of benzene rings is 2. The Bertz CT molecular complexity index is 891. The molecule has 1 heterocycles. The highest BCUT2D eigenvalue weighted by atomic mass is 19.3. The van der Waals surface area contributed by atoms with Crippen molar-refractivity contribution < 1.29 is 27.8 Å². The Morgan fingerprint density at radius 2 is 1.77 bits per heavy atom. The van der Waals surface area contributed by atoms with E-state index in [1.807, 2.05) is 12.1 Å². The second-order valence-corrected chi connectivity index (χ2v) is 7.26. The lowest BCUT2D eigenvalue weighted by molar-refractivity contribution is -0.117. The fourth-order valence-corrected chi connectivity index (χ4v) is 3.50. The summed E-state index contributed by atoms with van der Waals surface area (Å²) < 4.78 is 33.4. The van der Waals surface area contributed by atoms with E-state index in [4.69, 9.17) is 4.74 Å². The highest BCUT2D eigenvalue weighted by molar-refractivity contribution is 5.92. The molecule has 1 aliphatic rings. The van der Waals surface area contributed by atoms with Crippen LogP contribution in [-0.4, -0.2) is 62.7 Å². The standard InChI is InChI=1S/C22H25F2N3O4/c1-15-13-27(18-7-3-16(4-8-18)21(29)30-2)12-11-26(15)14-20(28)25-17-5-9-19(10-6-17)31-22(23)24/h3-10,15,22H,11-14H2,1-2H3,(H,25,28). The number of piperazine rings is 1. The molecule has 1 amide bonds. The van der Waals surface area contributed by atoms with Gasteiger partial charge in [0.1, 0.15) is 5.75 Å². The fraction of sp³-hybridized carbons (Fsp3) is 0.364. The molecular formula is C22H25F2N3O4. The number of methoxy groups -OCH3 is 1. The van der Waals surface area contributed by atoms with E-state index in [9.17, 15) is 18.4 Å². The maximum absolute atomic E-state index is 12.4. The Labute approximate surface area is 179 Å². The molecule has 31 heavy (non-hydrogen) atoms. The van der Waals surface area contributed by atoms with Gasteiger partial charge in [0.15, 0.2) is 0 Å². The molecule has 7 nitrogen and oxygen atoms in total. The summed E-state index contributed by atoms with van der Waals surface area (Å²) in [5.74, 6) is -0.505. The number of ether oxygens (including phenoxy) is 2. The quantitative estimate of drug-likeness (QED) is 0.676. The van der Waals surface area contributed by atoms with Gasteiger partial charge in [0, 0.05) is 37.1 Å². The van der Waals surface area contributed by atoms with Crippen LogP contribution in [0.2, 0.25) is 0 Å². The van der Waals surface area contributed by atoms with Crippen molar-refractivity contribution >= 4 is 23.3 Å². The van der Waals surface area contributed by atoms with E-state index in [-0.39, 0.29) is 30.2 Å². The summed E-state index contributed by atoms with van der Waals surface area (Å²) in [5.41, 5.74) is 2.03. The second-order valence-electron chi connectivity index (χ2n) is 7.26. The first kappa shape index (κ1) is 22.5. The topological polar surface area (TPSA) is 71.1 Å². The van der Waals surface area contributed by atoms with Gasteiger partial charge in [0.2, 0.25) is 5.91 Å². The number of rotatable bonds is 7. The van der Waals surface area contributed by atoms with Gasteiger partial charge in [-0.25, -0.2) is 4.79 Å². The Morgan fingerprint density at radius 3 is 2.35 bits per heavy atom. The highest BCUT2D eigenvalue weighted by Crippen LogP contribution is 2.21. The summed E-state index contributed by atoms with van der Waals surface area (Å²) in [6.07, 6.45) is 0. The SMILES string of the molecule is COC(=O)c1ccc(N2CCN(CC(=O)Nc3ccc(OC(F)F)cc3)C(C)C2)cc1. The van der Waals surface area contributed by atoms with Gasteiger partial charge in [-0.1, -0.05) is 0 Å². The zero-order valence-electron chi connectivity index (χ0n) is 17.4. The number of nitrogens with one attached hydrogen (secondary N) is 1. The van der Waals surface area contributed by atoms with Crippen molar-refractivity contribution in [3.05, 3.63) is 54.1 Å². The van der Waals surface area contributed by atoms with Gasteiger partial charge < -0.3 is 19.7 Å². The minimum Gasteiger partial charge on any atom is -0.465 e. The van der Waals surface area contributed by atoms with Crippen LogP contribution in [0.1, 0.15) is 17.3 Å². The van der Waals surface area contributed by atoms with Crippen molar-refractivity contribution in [2.24, 2.45) is 0 Å². The Morgan fingerprint density at radius 1 is 1.10 bits per heavy atom. The molecule has 0 saturated carbocycles. The molecule has 1 aliphatic heterocycles. The van der Waals surface area contributed by atoms with Crippen molar-refractivity contribution in [2.75, 3.05) is 43.5 Å². The highest BCUT2D eigenvalue weighted by Gasteiger charge is 2.25. The number of anilines is 2. The fourth-order valence-electron chi connectivity index (χ4n) is 3.50. The van der Waals surface area contributed by atoms with E-state index < -0.39 is 6.61 Å². The molecule has 0 aliphatic carbocycles. The summed E-state index contributed by atoms with van der Waals surface area (Å²) in [4.78, 5) is 28.3. The predicted octanol–water partition coefficient (Wildman–Crippen LogP) is 3.22. The van der Waals surface area contributed by atoms with Gasteiger partial charge in [-0.05, 0) is 55.5 Å². The third-order valence-electron chi connectivity index (χ3n) is 5.13. The normalized spacial score (nSPS) is 16.8. The molecule has 1 fully saturated rings. The number of nitrogens with zero attached hydrogens (tertiary/aromatic N) is 2. The Balaban J connectivity index is 1.50. The zero-order chi connectivity index (χ0) is 22.4. The summed E-state index contributed by atoms with van der Waals surface area (Å²) >= 11 is 0. The van der Waals surface area contributed by atoms with Crippen molar-refractivity contribution in [1.82, 2.24) is 4.90 Å².